The predicted octanol–water partition coefficient (Wildman–Crippen LogP) is 4.61. The topological polar surface area (TPSA) is 81.1 Å². The summed E-state index contributed by atoms with van der Waals surface area (Å²) in [6.45, 7) is 8.62. The number of hydrogen-bond donors (Lipinski definition) is 2. The third-order valence-corrected chi connectivity index (χ3v) is 5.32. The Balaban J connectivity index is 1.73. The quantitative estimate of drug-likeness (QED) is 0.612. The van der Waals surface area contributed by atoms with Gasteiger partial charge in [-0.15, -0.1) is 0 Å². The van der Waals surface area contributed by atoms with E-state index in [9.17, 15) is 4.79 Å². The van der Waals surface area contributed by atoms with E-state index in [1.165, 1.54) is 6.33 Å². The lowest BCUT2D eigenvalue weighted by Gasteiger charge is -2.29. The molecule has 7 nitrogen and oxygen atoms in total. The van der Waals surface area contributed by atoms with Crippen molar-refractivity contribution < 1.29 is 9.53 Å². The summed E-state index contributed by atoms with van der Waals surface area (Å²) in [6, 6.07) is 13.4. The van der Waals surface area contributed by atoms with Crippen LogP contribution in [-0.4, -0.2) is 27.3 Å². The van der Waals surface area contributed by atoms with E-state index in [4.69, 9.17) is 4.74 Å². The van der Waals surface area contributed by atoms with Crippen LogP contribution in [0.15, 0.2) is 60.1 Å². The molecule has 3 aromatic rings. The van der Waals surface area contributed by atoms with Crippen LogP contribution in [0.25, 0.3) is 0 Å². The molecule has 0 bridgehead atoms. The Morgan fingerprint density at radius 1 is 1.19 bits per heavy atom. The maximum absolute atomic E-state index is 13.5. The molecule has 2 aromatic carbocycles. The SMILES string of the molecule is CCCOc1cccc(C2C(C(=O)Nc3ccc(C)cc3C)=C(C)Nc3ncnn32)c1. The number of carbonyl (C=O) groups is 1. The molecule has 1 amide bonds. The average Bonchev–Trinajstić information content (AvgIpc) is 3.21. The number of allylic oxidation sites excluding steroid dienone is 1. The highest BCUT2D eigenvalue weighted by atomic mass is 16.5. The van der Waals surface area contributed by atoms with Crippen LogP contribution >= 0.6 is 0 Å². The molecule has 4 rings (SSSR count). The number of hydrogen-bond acceptors (Lipinski definition) is 5. The van der Waals surface area contributed by atoms with E-state index in [0.29, 0.717) is 18.1 Å². The van der Waals surface area contributed by atoms with Gasteiger partial charge in [0, 0.05) is 11.4 Å². The molecule has 160 valence electrons. The number of anilines is 2. The largest absolute Gasteiger partial charge is 0.494 e. The molecule has 1 aromatic heterocycles. The highest BCUT2D eigenvalue weighted by Crippen LogP contribution is 2.36. The number of fused-ring (bicyclic) bond motifs is 1. The first-order chi connectivity index (χ1) is 15.0. The zero-order chi connectivity index (χ0) is 22.0. The van der Waals surface area contributed by atoms with Crippen molar-refractivity contribution in [2.24, 2.45) is 0 Å². The van der Waals surface area contributed by atoms with Crippen LogP contribution < -0.4 is 15.4 Å². The van der Waals surface area contributed by atoms with Gasteiger partial charge in [0.05, 0.1) is 12.2 Å². The van der Waals surface area contributed by atoms with Crippen LogP contribution in [0.2, 0.25) is 0 Å². The minimum Gasteiger partial charge on any atom is -0.494 e. The predicted molar refractivity (Wildman–Crippen MR) is 121 cm³/mol. The highest BCUT2D eigenvalue weighted by molar-refractivity contribution is 6.06. The molecule has 0 spiro atoms. The summed E-state index contributed by atoms with van der Waals surface area (Å²) in [7, 11) is 0. The van der Waals surface area contributed by atoms with Gasteiger partial charge in [0.1, 0.15) is 18.1 Å². The van der Waals surface area contributed by atoms with E-state index in [2.05, 4.69) is 33.7 Å². The third kappa shape index (κ3) is 4.17. The molecule has 1 unspecified atom stereocenters. The number of rotatable bonds is 6. The van der Waals surface area contributed by atoms with Crippen molar-refractivity contribution in [1.29, 1.82) is 0 Å². The first-order valence-corrected chi connectivity index (χ1v) is 10.5. The summed E-state index contributed by atoms with van der Waals surface area (Å²) in [6.07, 6.45) is 2.42. The fourth-order valence-corrected chi connectivity index (χ4v) is 3.83. The number of aryl methyl sites for hydroxylation is 2. The van der Waals surface area contributed by atoms with Crippen LogP contribution in [0.1, 0.15) is 43.0 Å². The standard InChI is InChI=1S/C24H27N5O2/c1-5-11-31-19-8-6-7-18(13-19)22-21(17(4)27-24-25-14-26-29(22)24)23(30)28-20-10-9-15(2)12-16(20)3/h6-10,12-14,22H,5,11H2,1-4H3,(H,28,30)(H,25,26,27). The van der Waals surface area contributed by atoms with Crippen molar-refractivity contribution in [2.45, 2.75) is 40.2 Å². The normalized spacial score (nSPS) is 15.3. The Bertz CT molecular complexity index is 1150. The highest BCUT2D eigenvalue weighted by Gasteiger charge is 2.33. The van der Waals surface area contributed by atoms with Gasteiger partial charge in [-0.05, 0) is 56.5 Å². The number of aromatic nitrogens is 3. The molecule has 1 aliphatic heterocycles. The van der Waals surface area contributed by atoms with Gasteiger partial charge in [0.15, 0.2) is 0 Å². The van der Waals surface area contributed by atoms with Crippen LogP contribution in [0, 0.1) is 13.8 Å². The van der Waals surface area contributed by atoms with E-state index in [0.717, 1.165) is 40.2 Å². The Labute approximate surface area is 182 Å². The third-order valence-electron chi connectivity index (χ3n) is 5.32. The molecule has 1 aliphatic rings. The van der Waals surface area contributed by atoms with Gasteiger partial charge < -0.3 is 15.4 Å². The van der Waals surface area contributed by atoms with E-state index in [-0.39, 0.29) is 5.91 Å². The van der Waals surface area contributed by atoms with Crippen molar-refractivity contribution in [3.63, 3.8) is 0 Å². The first-order valence-electron chi connectivity index (χ1n) is 10.5. The molecule has 0 aliphatic carbocycles. The molecule has 0 saturated heterocycles. The maximum atomic E-state index is 13.5. The van der Waals surface area contributed by atoms with Gasteiger partial charge in [-0.25, -0.2) is 4.68 Å². The van der Waals surface area contributed by atoms with Crippen LogP contribution in [0.3, 0.4) is 0 Å². The lowest BCUT2D eigenvalue weighted by atomic mass is 9.94. The fourth-order valence-electron chi connectivity index (χ4n) is 3.83. The molecule has 0 radical (unpaired) electrons. The summed E-state index contributed by atoms with van der Waals surface area (Å²) in [4.78, 5) is 17.8. The van der Waals surface area contributed by atoms with Crippen molar-refractivity contribution in [3.8, 4) is 5.75 Å². The second-order valence-electron chi connectivity index (χ2n) is 7.79. The van der Waals surface area contributed by atoms with Crippen molar-refractivity contribution >= 4 is 17.5 Å². The van der Waals surface area contributed by atoms with E-state index in [1.807, 2.05) is 57.2 Å². The summed E-state index contributed by atoms with van der Waals surface area (Å²) >= 11 is 0. The zero-order valence-corrected chi connectivity index (χ0v) is 18.3. The molecule has 0 saturated carbocycles. The maximum Gasteiger partial charge on any atom is 0.255 e. The molecule has 0 fully saturated rings. The average molecular weight is 418 g/mol. The summed E-state index contributed by atoms with van der Waals surface area (Å²) in [5, 5.41) is 10.7. The van der Waals surface area contributed by atoms with Gasteiger partial charge in [-0.3, -0.25) is 4.79 Å². The molecule has 31 heavy (non-hydrogen) atoms. The summed E-state index contributed by atoms with van der Waals surface area (Å²) in [5.41, 5.74) is 5.20. The van der Waals surface area contributed by atoms with Crippen LogP contribution in [-0.2, 0) is 4.79 Å². The number of carbonyl (C=O) groups excluding carboxylic acids is 1. The number of ether oxygens (including phenoxy) is 1. The Kier molecular flexibility index (Phi) is 5.75. The van der Waals surface area contributed by atoms with Gasteiger partial charge in [0.25, 0.3) is 5.91 Å². The van der Waals surface area contributed by atoms with E-state index < -0.39 is 6.04 Å². The van der Waals surface area contributed by atoms with Gasteiger partial charge in [-0.1, -0.05) is 36.8 Å². The van der Waals surface area contributed by atoms with E-state index >= 15 is 0 Å². The lowest BCUT2D eigenvalue weighted by Crippen LogP contribution is -2.31. The second-order valence-corrected chi connectivity index (χ2v) is 7.79. The van der Waals surface area contributed by atoms with Crippen molar-refractivity contribution in [1.82, 2.24) is 14.8 Å². The first kappa shape index (κ1) is 20.7. The minimum atomic E-state index is -0.422. The molecule has 1 atom stereocenters. The van der Waals surface area contributed by atoms with Crippen molar-refractivity contribution in [3.05, 3.63) is 76.8 Å². The molecular formula is C24H27N5O2. The summed E-state index contributed by atoms with van der Waals surface area (Å²) in [5.74, 6) is 1.19. The number of amides is 1. The molecular weight excluding hydrogens is 390 g/mol. The Morgan fingerprint density at radius 3 is 2.81 bits per heavy atom. The lowest BCUT2D eigenvalue weighted by molar-refractivity contribution is -0.113. The second kappa shape index (κ2) is 8.63. The van der Waals surface area contributed by atoms with Gasteiger partial charge in [-0.2, -0.15) is 10.1 Å². The Morgan fingerprint density at radius 2 is 2.03 bits per heavy atom. The Hall–Kier alpha value is -3.61. The fraction of sp³-hybridized carbons (Fsp3) is 0.292. The van der Waals surface area contributed by atoms with Crippen LogP contribution in [0.5, 0.6) is 5.75 Å². The van der Waals surface area contributed by atoms with Gasteiger partial charge >= 0.3 is 0 Å². The van der Waals surface area contributed by atoms with Gasteiger partial charge in [0.2, 0.25) is 5.95 Å². The van der Waals surface area contributed by atoms with Crippen molar-refractivity contribution in [2.75, 3.05) is 17.2 Å². The molecule has 7 heteroatoms. The summed E-state index contributed by atoms with van der Waals surface area (Å²) < 4.78 is 7.56. The monoisotopic (exact) mass is 417 g/mol. The van der Waals surface area contributed by atoms with E-state index in [1.54, 1.807) is 4.68 Å². The number of nitrogens with zero attached hydrogens (tertiary/aromatic N) is 3. The molecule has 2 heterocycles. The van der Waals surface area contributed by atoms with Crippen LogP contribution in [0.4, 0.5) is 11.6 Å². The number of nitrogens with one attached hydrogen (secondary N) is 2. The minimum absolute atomic E-state index is 0.178. The molecule has 2 N–H and O–H groups in total. The smallest absolute Gasteiger partial charge is 0.255 e. The number of benzene rings is 2. The zero-order valence-electron chi connectivity index (χ0n) is 18.3.